The first-order valence-corrected chi connectivity index (χ1v) is 7.20. The van der Waals surface area contributed by atoms with Crippen molar-refractivity contribution in [2.24, 2.45) is 4.99 Å². The van der Waals surface area contributed by atoms with Gasteiger partial charge in [-0.15, -0.1) is 6.58 Å². The minimum Gasteiger partial charge on any atom is -0.274 e. The number of carbonyl (C=O) groups excluding carboxylic acids is 1. The van der Waals surface area contributed by atoms with E-state index in [0.717, 1.165) is 0 Å². The third-order valence-electron chi connectivity index (χ3n) is 2.83. The Bertz CT molecular complexity index is 508. The summed E-state index contributed by atoms with van der Waals surface area (Å²) in [4.78, 5) is 18.1. The molecule has 0 fully saturated rings. The fourth-order valence-corrected chi connectivity index (χ4v) is 2.08. The molecule has 1 rings (SSSR count). The number of alkyl halides is 1. The van der Waals surface area contributed by atoms with Crippen LogP contribution >= 0.6 is 11.6 Å². The highest BCUT2D eigenvalue weighted by molar-refractivity contribution is 6.30. The van der Waals surface area contributed by atoms with E-state index >= 15 is 0 Å². The molecule has 1 aliphatic rings. The van der Waals surface area contributed by atoms with E-state index in [-0.39, 0.29) is 17.4 Å². The Morgan fingerprint density at radius 3 is 2.90 bits per heavy atom. The summed E-state index contributed by atoms with van der Waals surface area (Å²) in [5.74, 6) is 0.285. The van der Waals surface area contributed by atoms with E-state index in [0.29, 0.717) is 30.9 Å². The second-order valence-electron chi connectivity index (χ2n) is 4.57. The molecule has 0 bridgehead atoms. The molecule has 3 nitrogen and oxygen atoms in total. The van der Waals surface area contributed by atoms with Crippen LogP contribution < -0.4 is 0 Å². The monoisotopic (exact) mass is 310 g/mol. The van der Waals surface area contributed by atoms with Gasteiger partial charge in [0, 0.05) is 23.6 Å². The second kappa shape index (κ2) is 8.57. The number of hydrogen-bond acceptors (Lipinski definition) is 2. The van der Waals surface area contributed by atoms with Crippen LogP contribution in [0.5, 0.6) is 0 Å². The normalized spacial score (nSPS) is 18.1. The maximum atomic E-state index is 13.6. The molecule has 0 heterocycles. The average molecular weight is 311 g/mol. The van der Waals surface area contributed by atoms with Crippen molar-refractivity contribution in [3.63, 3.8) is 0 Å². The molecular formula is C16H20ClFN2O. The molecule has 0 aromatic rings. The van der Waals surface area contributed by atoms with E-state index < -0.39 is 6.17 Å². The van der Waals surface area contributed by atoms with E-state index in [2.05, 4.69) is 18.2 Å². The second-order valence-corrected chi connectivity index (χ2v) is 5.10. The van der Waals surface area contributed by atoms with Gasteiger partial charge in [-0.05, 0) is 12.2 Å². The maximum absolute atomic E-state index is 13.6. The number of aliphatic imine (C=N–C) groups is 1. The molecule has 5 heteroatoms. The summed E-state index contributed by atoms with van der Waals surface area (Å²) < 4.78 is 13.6. The smallest absolute Gasteiger partial charge is 0.237 e. The Balaban J connectivity index is 3.15. The summed E-state index contributed by atoms with van der Waals surface area (Å²) in [6, 6.07) is 0. The van der Waals surface area contributed by atoms with Gasteiger partial charge in [0.15, 0.2) is 0 Å². The SMILES string of the molecule is C=CC/N=C(/CC)N(C(=O)CC(=C)Cl)C1=CC(F)CC=C1. The van der Waals surface area contributed by atoms with Crippen LogP contribution in [0.2, 0.25) is 0 Å². The molecule has 1 amide bonds. The first-order chi connectivity index (χ1) is 9.99. The van der Waals surface area contributed by atoms with Gasteiger partial charge >= 0.3 is 0 Å². The van der Waals surface area contributed by atoms with Crippen LogP contribution in [-0.2, 0) is 4.79 Å². The van der Waals surface area contributed by atoms with E-state index in [9.17, 15) is 9.18 Å². The Hall–Kier alpha value is -1.68. The molecule has 0 radical (unpaired) electrons. The summed E-state index contributed by atoms with van der Waals surface area (Å²) in [5.41, 5.74) is 0.487. The van der Waals surface area contributed by atoms with Crippen molar-refractivity contribution in [2.45, 2.75) is 32.4 Å². The zero-order valence-electron chi connectivity index (χ0n) is 12.2. The zero-order valence-corrected chi connectivity index (χ0v) is 12.9. The third kappa shape index (κ3) is 5.31. The van der Waals surface area contributed by atoms with Crippen molar-refractivity contribution < 1.29 is 9.18 Å². The number of nitrogens with zero attached hydrogens (tertiary/aromatic N) is 2. The third-order valence-corrected chi connectivity index (χ3v) is 2.96. The summed E-state index contributed by atoms with van der Waals surface area (Å²) >= 11 is 5.73. The molecule has 0 aliphatic heterocycles. The van der Waals surface area contributed by atoms with Gasteiger partial charge in [-0.2, -0.15) is 0 Å². The zero-order chi connectivity index (χ0) is 15.8. The lowest BCUT2D eigenvalue weighted by atomic mass is 10.1. The average Bonchev–Trinajstić information content (AvgIpc) is 2.42. The summed E-state index contributed by atoms with van der Waals surface area (Å²) in [7, 11) is 0. The molecule has 114 valence electrons. The van der Waals surface area contributed by atoms with Crippen molar-refractivity contribution in [1.82, 2.24) is 4.90 Å². The van der Waals surface area contributed by atoms with Crippen LogP contribution in [0.3, 0.4) is 0 Å². The van der Waals surface area contributed by atoms with Gasteiger partial charge in [-0.25, -0.2) is 4.39 Å². The quantitative estimate of drug-likeness (QED) is 0.412. The van der Waals surface area contributed by atoms with Crippen molar-refractivity contribution in [2.75, 3.05) is 6.54 Å². The molecule has 1 aliphatic carbocycles. The van der Waals surface area contributed by atoms with Gasteiger partial charge in [0.05, 0.1) is 13.0 Å². The minimum atomic E-state index is -1.10. The molecule has 21 heavy (non-hydrogen) atoms. The predicted octanol–water partition coefficient (Wildman–Crippen LogP) is 4.13. The fourth-order valence-electron chi connectivity index (χ4n) is 1.97. The van der Waals surface area contributed by atoms with Crippen LogP contribution in [-0.4, -0.2) is 29.4 Å². The summed E-state index contributed by atoms with van der Waals surface area (Å²) in [6.07, 6.45) is 6.24. The molecule has 0 saturated heterocycles. The van der Waals surface area contributed by atoms with Gasteiger partial charge in [-0.3, -0.25) is 14.7 Å². The molecule has 0 aromatic carbocycles. The Labute approximate surface area is 130 Å². The van der Waals surface area contributed by atoms with Crippen LogP contribution in [0.15, 0.2) is 53.2 Å². The van der Waals surface area contributed by atoms with Gasteiger partial charge in [0.2, 0.25) is 5.91 Å². The maximum Gasteiger partial charge on any atom is 0.237 e. The van der Waals surface area contributed by atoms with Crippen molar-refractivity contribution in [3.8, 4) is 0 Å². The standard InChI is InChI=1S/C16H20ClFN2O/c1-4-9-19-15(5-2)20(16(21)10-12(3)17)14-8-6-7-13(18)11-14/h4,6,8,11,13H,1,3,5,7,9-10H2,2H3/b19-15-. The first-order valence-electron chi connectivity index (χ1n) is 6.82. The molecule has 1 unspecified atom stereocenters. The van der Waals surface area contributed by atoms with Gasteiger partial charge in [-0.1, -0.05) is 37.3 Å². The van der Waals surface area contributed by atoms with E-state index in [1.807, 2.05) is 6.92 Å². The lowest BCUT2D eigenvalue weighted by Gasteiger charge is -2.26. The molecule has 0 aromatic heterocycles. The largest absolute Gasteiger partial charge is 0.274 e. The van der Waals surface area contributed by atoms with E-state index in [1.54, 1.807) is 18.2 Å². The van der Waals surface area contributed by atoms with Gasteiger partial charge in [0.25, 0.3) is 0 Å². The van der Waals surface area contributed by atoms with Gasteiger partial charge < -0.3 is 0 Å². The number of halogens is 2. The van der Waals surface area contributed by atoms with E-state index in [4.69, 9.17) is 11.6 Å². The lowest BCUT2D eigenvalue weighted by molar-refractivity contribution is -0.125. The van der Waals surface area contributed by atoms with Crippen LogP contribution in [0.1, 0.15) is 26.2 Å². The summed E-state index contributed by atoms with van der Waals surface area (Å²) in [5, 5.41) is 0.237. The topological polar surface area (TPSA) is 32.7 Å². The van der Waals surface area contributed by atoms with E-state index in [1.165, 1.54) is 11.0 Å². The minimum absolute atomic E-state index is 0.0171. The van der Waals surface area contributed by atoms with Crippen molar-refractivity contribution in [3.05, 3.63) is 48.2 Å². The van der Waals surface area contributed by atoms with Crippen LogP contribution in [0, 0.1) is 0 Å². The van der Waals surface area contributed by atoms with Crippen molar-refractivity contribution in [1.29, 1.82) is 0 Å². The van der Waals surface area contributed by atoms with Crippen LogP contribution in [0.4, 0.5) is 4.39 Å². The highest BCUT2D eigenvalue weighted by Crippen LogP contribution is 2.21. The van der Waals surface area contributed by atoms with Gasteiger partial charge in [0.1, 0.15) is 12.0 Å². The van der Waals surface area contributed by atoms with Crippen molar-refractivity contribution >= 4 is 23.3 Å². The number of rotatable bonds is 6. The molecular weight excluding hydrogens is 291 g/mol. The lowest BCUT2D eigenvalue weighted by Crippen LogP contribution is -2.36. The molecule has 0 saturated carbocycles. The molecule has 1 atom stereocenters. The summed E-state index contributed by atoms with van der Waals surface area (Å²) in [6.45, 7) is 9.43. The number of amides is 1. The number of hydrogen-bond donors (Lipinski definition) is 0. The van der Waals surface area contributed by atoms with Crippen LogP contribution in [0.25, 0.3) is 0 Å². The highest BCUT2D eigenvalue weighted by atomic mass is 35.5. The fraction of sp³-hybridized carbons (Fsp3) is 0.375. The molecule has 0 N–H and O–H groups in total. The Morgan fingerprint density at radius 1 is 1.67 bits per heavy atom. The Morgan fingerprint density at radius 2 is 2.38 bits per heavy atom. The number of amidine groups is 1. The number of carbonyl (C=O) groups is 1. The Kier molecular flexibility index (Phi) is 7.09. The first kappa shape index (κ1) is 17.4. The predicted molar refractivity (Wildman–Crippen MR) is 86.0 cm³/mol. The highest BCUT2D eigenvalue weighted by Gasteiger charge is 2.23. The molecule has 0 spiro atoms. The number of allylic oxidation sites excluding steroid dienone is 3.